The van der Waals surface area contributed by atoms with Gasteiger partial charge in [-0.05, 0) is 43.3 Å². The molecule has 1 heterocycles. The Kier molecular flexibility index (Phi) is 5.58. The van der Waals surface area contributed by atoms with E-state index in [0.717, 1.165) is 34.5 Å². The minimum atomic E-state index is -0.744. The molecule has 1 N–H and O–H groups in total. The molecule has 4 nitrogen and oxygen atoms in total. The van der Waals surface area contributed by atoms with E-state index in [1.807, 2.05) is 31.2 Å². The highest BCUT2D eigenvalue weighted by Gasteiger charge is 2.11. The number of carbonyl (C=O) groups is 1. The summed E-state index contributed by atoms with van der Waals surface area (Å²) in [6, 6.07) is 10.4. The number of ether oxygens (including phenoxy) is 1. The topological polar surface area (TPSA) is 51.2 Å². The smallest absolute Gasteiger partial charge is 0.230 e. The van der Waals surface area contributed by atoms with Gasteiger partial charge in [0.15, 0.2) is 0 Å². The van der Waals surface area contributed by atoms with Gasteiger partial charge in [0.25, 0.3) is 0 Å². The lowest BCUT2D eigenvalue weighted by atomic mass is 10.2. The van der Waals surface area contributed by atoms with Crippen LogP contribution in [0.3, 0.4) is 0 Å². The predicted octanol–water partition coefficient (Wildman–Crippen LogP) is 4.67. The van der Waals surface area contributed by atoms with Crippen molar-refractivity contribution in [2.45, 2.75) is 13.3 Å². The second-order valence-electron chi connectivity index (χ2n) is 5.48. The molecule has 3 aromatic rings. The van der Waals surface area contributed by atoms with Gasteiger partial charge >= 0.3 is 0 Å². The van der Waals surface area contributed by atoms with E-state index in [9.17, 15) is 13.6 Å². The van der Waals surface area contributed by atoms with Gasteiger partial charge in [0, 0.05) is 22.7 Å². The van der Waals surface area contributed by atoms with E-state index in [4.69, 9.17) is 4.74 Å². The zero-order chi connectivity index (χ0) is 18.5. The van der Waals surface area contributed by atoms with Crippen molar-refractivity contribution in [1.29, 1.82) is 0 Å². The van der Waals surface area contributed by atoms with Gasteiger partial charge in [0.2, 0.25) is 5.91 Å². The van der Waals surface area contributed by atoms with Crippen molar-refractivity contribution >= 4 is 22.9 Å². The molecule has 0 bridgehead atoms. The Morgan fingerprint density at radius 3 is 2.50 bits per heavy atom. The highest BCUT2D eigenvalue weighted by Crippen LogP contribution is 2.26. The highest BCUT2D eigenvalue weighted by molar-refractivity contribution is 7.13. The third-order valence-electron chi connectivity index (χ3n) is 3.45. The molecule has 0 atom stereocenters. The third kappa shape index (κ3) is 4.64. The lowest BCUT2D eigenvalue weighted by molar-refractivity contribution is -0.115. The number of thiazole rings is 1. The summed E-state index contributed by atoms with van der Waals surface area (Å²) in [7, 11) is 0. The maximum absolute atomic E-state index is 13.2. The van der Waals surface area contributed by atoms with Crippen molar-refractivity contribution in [3.05, 3.63) is 65.2 Å². The molecular weight excluding hydrogens is 358 g/mol. The molecule has 7 heteroatoms. The van der Waals surface area contributed by atoms with Crippen molar-refractivity contribution in [3.8, 4) is 16.3 Å². The van der Waals surface area contributed by atoms with Gasteiger partial charge in [-0.25, -0.2) is 13.8 Å². The van der Waals surface area contributed by atoms with Crippen molar-refractivity contribution < 1.29 is 18.3 Å². The van der Waals surface area contributed by atoms with Gasteiger partial charge < -0.3 is 10.1 Å². The second kappa shape index (κ2) is 8.05. The van der Waals surface area contributed by atoms with Crippen LogP contribution in [-0.2, 0) is 11.2 Å². The number of rotatable bonds is 6. The van der Waals surface area contributed by atoms with Gasteiger partial charge in [-0.3, -0.25) is 4.79 Å². The van der Waals surface area contributed by atoms with Crippen molar-refractivity contribution in [2.24, 2.45) is 0 Å². The molecule has 0 aliphatic heterocycles. The number of benzene rings is 2. The molecule has 2 aromatic carbocycles. The molecule has 0 radical (unpaired) electrons. The lowest BCUT2D eigenvalue weighted by Crippen LogP contribution is -2.14. The van der Waals surface area contributed by atoms with E-state index < -0.39 is 17.5 Å². The Morgan fingerprint density at radius 2 is 1.85 bits per heavy atom. The number of nitrogens with one attached hydrogen (secondary N) is 1. The van der Waals surface area contributed by atoms with Gasteiger partial charge in [-0.2, -0.15) is 0 Å². The SMILES string of the molecule is CCOc1ccc(-c2nc(CC(=O)Nc3cc(F)cc(F)c3)cs2)cc1. The Bertz CT molecular complexity index is 890. The van der Waals surface area contributed by atoms with Crippen molar-refractivity contribution in [1.82, 2.24) is 4.98 Å². The van der Waals surface area contributed by atoms with Crippen LogP contribution in [-0.4, -0.2) is 17.5 Å². The molecule has 0 saturated carbocycles. The van der Waals surface area contributed by atoms with Gasteiger partial charge in [-0.15, -0.1) is 11.3 Å². The number of anilines is 1. The summed E-state index contributed by atoms with van der Waals surface area (Å²) in [6.07, 6.45) is 0.0195. The fraction of sp³-hybridized carbons (Fsp3) is 0.158. The normalized spacial score (nSPS) is 10.6. The number of hydrogen-bond acceptors (Lipinski definition) is 4. The number of carbonyl (C=O) groups excluding carboxylic acids is 1. The van der Waals surface area contributed by atoms with Gasteiger partial charge in [0.1, 0.15) is 22.4 Å². The van der Waals surface area contributed by atoms with Crippen LogP contribution in [0.2, 0.25) is 0 Å². The summed E-state index contributed by atoms with van der Waals surface area (Å²) in [4.78, 5) is 16.5. The summed E-state index contributed by atoms with van der Waals surface area (Å²) in [6.45, 7) is 2.52. The van der Waals surface area contributed by atoms with E-state index in [2.05, 4.69) is 10.3 Å². The molecule has 0 fully saturated rings. The van der Waals surface area contributed by atoms with Gasteiger partial charge in [0.05, 0.1) is 18.7 Å². The first-order valence-corrected chi connectivity index (χ1v) is 8.85. The minimum Gasteiger partial charge on any atom is -0.494 e. The first kappa shape index (κ1) is 18.0. The van der Waals surface area contributed by atoms with Crippen LogP contribution in [0.5, 0.6) is 5.75 Å². The molecule has 0 saturated heterocycles. The lowest BCUT2D eigenvalue weighted by Gasteiger charge is -2.04. The summed E-state index contributed by atoms with van der Waals surface area (Å²) in [5.74, 6) is -1.09. The Balaban J connectivity index is 1.65. The minimum absolute atomic E-state index is 0.0195. The van der Waals surface area contributed by atoms with E-state index in [-0.39, 0.29) is 12.1 Å². The first-order chi connectivity index (χ1) is 12.5. The quantitative estimate of drug-likeness (QED) is 0.682. The summed E-state index contributed by atoms with van der Waals surface area (Å²) in [5, 5.41) is 5.05. The molecule has 0 unspecified atom stereocenters. The molecule has 0 spiro atoms. The predicted molar refractivity (Wildman–Crippen MR) is 97.4 cm³/mol. The monoisotopic (exact) mass is 374 g/mol. The van der Waals surface area contributed by atoms with Crippen LogP contribution < -0.4 is 10.1 Å². The number of halogens is 2. The van der Waals surface area contributed by atoms with E-state index in [1.54, 1.807) is 5.38 Å². The average Bonchev–Trinajstić information content (AvgIpc) is 3.03. The van der Waals surface area contributed by atoms with Crippen LogP contribution in [0.15, 0.2) is 47.8 Å². The maximum atomic E-state index is 13.2. The number of aromatic nitrogens is 1. The number of amides is 1. The van der Waals surface area contributed by atoms with Crippen LogP contribution >= 0.6 is 11.3 Å². The molecule has 0 aliphatic rings. The zero-order valence-corrected chi connectivity index (χ0v) is 14.8. The van der Waals surface area contributed by atoms with Crippen LogP contribution in [0.4, 0.5) is 14.5 Å². The molecule has 26 heavy (non-hydrogen) atoms. The first-order valence-electron chi connectivity index (χ1n) is 7.97. The van der Waals surface area contributed by atoms with E-state index in [0.29, 0.717) is 12.3 Å². The molecule has 3 rings (SSSR count). The Hall–Kier alpha value is -2.80. The van der Waals surface area contributed by atoms with Crippen LogP contribution in [0, 0.1) is 11.6 Å². The molecular formula is C19H16F2N2O2S. The van der Waals surface area contributed by atoms with Crippen LogP contribution in [0.25, 0.3) is 10.6 Å². The Morgan fingerprint density at radius 1 is 1.15 bits per heavy atom. The summed E-state index contributed by atoms with van der Waals surface area (Å²) in [5.41, 5.74) is 1.60. The third-order valence-corrected chi connectivity index (χ3v) is 4.39. The molecule has 0 aliphatic carbocycles. The van der Waals surface area contributed by atoms with E-state index >= 15 is 0 Å². The van der Waals surface area contributed by atoms with E-state index in [1.165, 1.54) is 11.3 Å². The summed E-state index contributed by atoms with van der Waals surface area (Å²) >= 11 is 1.42. The number of hydrogen-bond donors (Lipinski definition) is 1. The second-order valence-corrected chi connectivity index (χ2v) is 6.34. The fourth-order valence-electron chi connectivity index (χ4n) is 2.38. The largest absolute Gasteiger partial charge is 0.494 e. The maximum Gasteiger partial charge on any atom is 0.230 e. The highest BCUT2D eigenvalue weighted by atomic mass is 32.1. The van der Waals surface area contributed by atoms with Crippen molar-refractivity contribution in [2.75, 3.05) is 11.9 Å². The average molecular weight is 374 g/mol. The molecule has 134 valence electrons. The molecule has 1 aromatic heterocycles. The van der Waals surface area contributed by atoms with Crippen molar-refractivity contribution in [3.63, 3.8) is 0 Å². The number of nitrogens with zero attached hydrogens (tertiary/aromatic N) is 1. The zero-order valence-electron chi connectivity index (χ0n) is 14.0. The Labute approximate surface area is 153 Å². The summed E-state index contributed by atoms with van der Waals surface area (Å²) < 4.78 is 31.7. The van der Waals surface area contributed by atoms with Crippen LogP contribution in [0.1, 0.15) is 12.6 Å². The molecule has 1 amide bonds. The standard InChI is InChI=1S/C19H16F2N2O2S/c1-2-25-17-5-3-12(4-6-17)19-23-16(11-26-19)10-18(24)22-15-8-13(20)7-14(21)9-15/h3-9,11H,2,10H2,1H3,(H,22,24). The fourth-order valence-corrected chi connectivity index (χ4v) is 3.20. The van der Waals surface area contributed by atoms with Gasteiger partial charge in [-0.1, -0.05) is 0 Å².